The van der Waals surface area contributed by atoms with E-state index in [1.54, 1.807) is 6.07 Å². The van der Waals surface area contributed by atoms with E-state index >= 15 is 0 Å². The highest BCUT2D eigenvalue weighted by atomic mass is 16.5. The Morgan fingerprint density at radius 3 is 2.71 bits per heavy atom. The largest absolute Gasteiger partial charge is 0.497 e. The number of carboxylic acid groups (broad SMARTS) is 1. The molecule has 0 unspecified atom stereocenters. The number of H-pyrrole nitrogens is 1. The zero-order valence-corrected chi connectivity index (χ0v) is 8.76. The van der Waals surface area contributed by atoms with E-state index < -0.39 is 17.3 Å². The van der Waals surface area contributed by atoms with E-state index in [4.69, 9.17) is 9.84 Å². The molecular formula is C10H8N2O5. The van der Waals surface area contributed by atoms with Crippen molar-refractivity contribution < 1.29 is 14.6 Å². The average molecular weight is 236 g/mol. The Balaban J connectivity index is 2.94. The fourth-order valence-electron chi connectivity index (χ4n) is 1.49. The standard InChI is InChI=1S/C10H8N2O5/c1-17-5-2-3-7-6(4-5)8(13)12(10(15)16)9(14)11-7/h2-4H,1H3,(H,11,14)(H,15,16). The highest BCUT2D eigenvalue weighted by molar-refractivity contribution is 5.81. The van der Waals surface area contributed by atoms with E-state index in [9.17, 15) is 14.4 Å². The van der Waals surface area contributed by atoms with Crippen molar-refractivity contribution in [3.8, 4) is 5.75 Å². The lowest BCUT2D eigenvalue weighted by atomic mass is 10.2. The van der Waals surface area contributed by atoms with Gasteiger partial charge in [0, 0.05) is 0 Å². The highest BCUT2D eigenvalue weighted by Crippen LogP contribution is 2.14. The Labute approximate surface area is 93.9 Å². The third-order valence-electron chi connectivity index (χ3n) is 2.30. The number of hydrogen-bond acceptors (Lipinski definition) is 4. The molecule has 0 spiro atoms. The highest BCUT2D eigenvalue weighted by Gasteiger charge is 2.13. The Bertz CT molecular complexity index is 713. The van der Waals surface area contributed by atoms with Gasteiger partial charge >= 0.3 is 11.8 Å². The second-order valence-electron chi connectivity index (χ2n) is 3.26. The van der Waals surface area contributed by atoms with Crippen molar-refractivity contribution in [2.45, 2.75) is 0 Å². The van der Waals surface area contributed by atoms with Crippen LogP contribution >= 0.6 is 0 Å². The van der Waals surface area contributed by atoms with Gasteiger partial charge in [0.25, 0.3) is 5.56 Å². The summed E-state index contributed by atoms with van der Waals surface area (Å²) in [6, 6.07) is 4.40. The molecular weight excluding hydrogens is 228 g/mol. The van der Waals surface area contributed by atoms with Crippen molar-refractivity contribution in [2.24, 2.45) is 0 Å². The summed E-state index contributed by atoms with van der Waals surface area (Å²) < 4.78 is 5.03. The molecule has 0 saturated heterocycles. The van der Waals surface area contributed by atoms with Gasteiger partial charge in [0.05, 0.1) is 18.0 Å². The Hall–Kier alpha value is -2.57. The van der Waals surface area contributed by atoms with Gasteiger partial charge in [-0.1, -0.05) is 0 Å². The molecule has 0 bridgehead atoms. The third kappa shape index (κ3) is 1.67. The summed E-state index contributed by atoms with van der Waals surface area (Å²) in [7, 11) is 1.42. The van der Waals surface area contributed by atoms with Gasteiger partial charge in [-0.3, -0.25) is 4.79 Å². The van der Waals surface area contributed by atoms with Crippen molar-refractivity contribution in [3.05, 3.63) is 39.0 Å². The molecule has 0 aliphatic heterocycles. The zero-order valence-electron chi connectivity index (χ0n) is 8.76. The Morgan fingerprint density at radius 1 is 1.41 bits per heavy atom. The van der Waals surface area contributed by atoms with Crippen LogP contribution in [-0.2, 0) is 0 Å². The quantitative estimate of drug-likeness (QED) is 0.737. The summed E-state index contributed by atoms with van der Waals surface area (Å²) in [5.41, 5.74) is -1.62. The molecule has 1 aromatic heterocycles. The molecule has 0 radical (unpaired) electrons. The van der Waals surface area contributed by atoms with Crippen LogP contribution in [-0.4, -0.2) is 27.9 Å². The number of fused-ring (bicyclic) bond motifs is 1. The molecule has 17 heavy (non-hydrogen) atoms. The first-order valence-corrected chi connectivity index (χ1v) is 4.61. The lowest BCUT2D eigenvalue weighted by Crippen LogP contribution is -2.39. The average Bonchev–Trinajstić information content (AvgIpc) is 2.28. The lowest BCUT2D eigenvalue weighted by Gasteiger charge is -2.03. The van der Waals surface area contributed by atoms with Crippen LogP contribution in [0, 0.1) is 0 Å². The Kier molecular flexibility index (Phi) is 2.43. The first-order chi connectivity index (χ1) is 8.04. The molecule has 0 fully saturated rings. The van der Waals surface area contributed by atoms with Gasteiger partial charge in [-0.05, 0) is 18.2 Å². The predicted molar refractivity (Wildman–Crippen MR) is 58.8 cm³/mol. The van der Waals surface area contributed by atoms with Gasteiger partial charge < -0.3 is 14.8 Å². The predicted octanol–water partition coefficient (Wildman–Crippen LogP) is 0.224. The SMILES string of the molecule is COc1ccc2[nH]c(=O)n(C(=O)O)c(=O)c2c1. The minimum absolute atomic E-state index is 0.0753. The molecule has 0 atom stereocenters. The number of benzene rings is 1. The number of rotatable bonds is 1. The number of nitrogens with one attached hydrogen (secondary N) is 1. The van der Waals surface area contributed by atoms with Crippen LogP contribution in [0.15, 0.2) is 27.8 Å². The maximum absolute atomic E-state index is 11.8. The van der Waals surface area contributed by atoms with E-state index in [0.29, 0.717) is 5.75 Å². The van der Waals surface area contributed by atoms with Crippen LogP contribution in [0.25, 0.3) is 10.9 Å². The van der Waals surface area contributed by atoms with Gasteiger partial charge in [-0.15, -0.1) is 0 Å². The van der Waals surface area contributed by atoms with Gasteiger partial charge in [-0.2, -0.15) is 4.57 Å². The molecule has 2 rings (SSSR count). The number of carbonyl (C=O) groups is 1. The molecule has 0 aliphatic carbocycles. The van der Waals surface area contributed by atoms with Gasteiger partial charge in [0.2, 0.25) is 0 Å². The van der Waals surface area contributed by atoms with Crippen LogP contribution in [0.3, 0.4) is 0 Å². The Morgan fingerprint density at radius 2 is 2.12 bits per heavy atom. The molecule has 2 aromatic rings. The smallest absolute Gasteiger partial charge is 0.422 e. The molecule has 1 aromatic carbocycles. The molecule has 7 nitrogen and oxygen atoms in total. The van der Waals surface area contributed by atoms with Crippen LogP contribution in [0.1, 0.15) is 0 Å². The molecule has 1 heterocycles. The van der Waals surface area contributed by atoms with E-state index in [1.165, 1.54) is 19.2 Å². The molecule has 0 saturated carbocycles. The molecule has 0 aliphatic rings. The van der Waals surface area contributed by atoms with E-state index in [1.807, 2.05) is 0 Å². The number of nitrogens with zero attached hydrogens (tertiary/aromatic N) is 1. The third-order valence-corrected chi connectivity index (χ3v) is 2.30. The first-order valence-electron chi connectivity index (χ1n) is 4.61. The first kappa shape index (κ1) is 10.9. The fraction of sp³-hybridized carbons (Fsp3) is 0.100. The van der Waals surface area contributed by atoms with Crippen molar-refractivity contribution >= 4 is 17.0 Å². The maximum Gasteiger partial charge on any atom is 0.422 e. The summed E-state index contributed by atoms with van der Waals surface area (Å²) in [4.78, 5) is 36.2. The van der Waals surface area contributed by atoms with Crippen molar-refractivity contribution in [3.63, 3.8) is 0 Å². The molecule has 7 heteroatoms. The summed E-state index contributed by atoms with van der Waals surface area (Å²) in [5, 5.41) is 8.82. The maximum atomic E-state index is 11.8. The number of hydrogen-bond donors (Lipinski definition) is 2. The van der Waals surface area contributed by atoms with Crippen LogP contribution in [0.4, 0.5) is 4.79 Å². The normalized spacial score (nSPS) is 10.4. The van der Waals surface area contributed by atoms with Crippen molar-refractivity contribution in [1.82, 2.24) is 9.55 Å². The van der Waals surface area contributed by atoms with Gasteiger partial charge in [0.1, 0.15) is 5.75 Å². The van der Waals surface area contributed by atoms with E-state index in [0.717, 1.165) is 0 Å². The van der Waals surface area contributed by atoms with Crippen LogP contribution in [0.5, 0.6) is 5.75 Å². The van der Waals surface area contributed by atoms with Crippen LogP contribution < -0.4 is 16.0 Å². The number of methoxy groups -OCH3 is 1. The number of aromatic nitrogens is 2. The van der Waals surface area contributed by atoms with Crippen molar-refractivity contribution in [2.75, 3.05) is 7.11 Å². The summed E-state index contributed by atoms with van der Waals surface area (Å²) in [6.07, 6.45) is -1.62. The van der Waals surface area contributed by atoms with Gasteiger partial charge in [0.15, 0.2) is 0 Å². The summed E-state index contributed by atoms with van der Waals surface area (Å²) in [5.74, 6) is 0.401. The van der Waals surface area contributed by atoms with E-state index in [-0.39, 0.29) is 15.5 Å². The summed E-state index contributed by atoms with van der Waals surface area (Å²) >= 11 is 0. The van der Waals surface area contributed by atoms with Crippen molar-refractivity contribution in [1.29, 1.82) is 0 Å². The van der Waals surface area contributed by atoms with E-state index in [2.05, 4.69) is 4.98 Å². The van der Waals surface area contributed by atoms with Gasteiger partial charge in [-0.25, -0.2) is 9.59 Å². The second kappa shape index (κ2) is 3.78. The number of aromatic amines is 1. The minimum atomic E-state index is -1.62. The zero-order chi connectivity index (χ0) is 12.6. The second-order valence-corrected chi connectivity index (χ2v) is 3.26. The monoisotopic (exact) mass is 236 g/mol. The lowest BCUT2D eigenvalue weighted by molar-refractivity contribution is 0.194. The number of ether oxygens (including phenoxy) is 1. The molecule has 88 valence electrons. The topological polar surface area (TPSA) is 101 Å². The summed E-state index contributed by atoms with van der Waals surface area (Å²) in [6.45, 7) is 0. The fourth-order valence-corrected chi connectivity index (χ4v) is 1.49. The minimum Gasteiger partial charge on any atom is -0.497 e. The molecule has 0 amide bonds. The molecule has 2 N–H and O–H groups in total. The van der Waals surface area contributed by atoms with Crippen LogP contribution in [0.2, 0.25) is 0 Å².